The second kappa shape index (κ2) is 9.45. The molecule has 0 aromatic rings. The Kier molecular flexibility index (Phi) is 8.26. The number of hydrogen-bond acceptors (Lipinski definition) is 4. The van der Waals surface area contributed by atoms with Gasteiger partial charge in [0, 0.05) is 19.6 Å². The molecule has 1 saturated heterocycles. The highest BCUT2D eigenvalue weighted by atomic mass is 16.6. The number of Topliss-reactive ketones (excluding diaryl/α,β-unsaturated/α-hetero) is 1. The third-order valence-electron chi connectivity index (χ3n) is 3.57. The van der Waals surface area contributed by atoms with Crippen LogP contribution in [0.25, 0.3) is 0 Å². The van der Waals surface area contributed by atoms with E-state index in [4.69, 9.17) is 9.47 Å². The number of ether oxygens (including phenoxy) is 2. The Morgan fingerprint density at radius 3 is 2.74 bits per heavy atom. The Morgan fingerprint density at radius 2 is 2.11 bits per heavy atom. The van der Waals surface area contributed by atoms with Crippen molar-refractivity contribution in [1.29, 1.82) is 0 Å². The summed E-state index contributed by atoms with van der Waals surface area (Å²) in [5, 5.41) is 3.29. The van der Waals surface area contributed by atoms with E-state index in [0.29, 0.717) is 6.42 Å². The molecule has 1 rings (SSSR count). The van der Waals surface area contributed by atoms with Gasteiger partial charge in [0.15, 0.2) is 5.78 Å². The van der Waals surface area contributed by atoms with E-state index in [9.17, 15) is 4.79 Å². The average Bonchev–Trinajstić information content (AvgIpc) is 2.45. The maximum Gasteiger partial charge on any atom is 0.163 e. The van der Waals surface area contributed by atoms with Crippen molar-refractivity contribution >= 4 is 5.78 Å². The highest BCUT2D eigenvalue weighted by Gasteiger charge is 2.35. The number of carbonyl (C=O) groups excluding carboxylic acids is 1. The fourth-order valence-electron chi connectivity index (χ4n) is 2.35. The van der Waals surface area contributed by atoms with Gasteiger partial charge in [0.05, 0.1) is 12.2 Å². The summed E-state index contributed by atoms with van der Waals surface area (Å²) in [6.45, 7) is 8.60. The van der Waals surface area contributed by atoms with Crippen LogP contribution < -0.4 is 5.32 Å². The van der Waals surface area contributed by atoms with Crippen LogP contribution in [0.15, 0.2) is 0 Å². The third-order valence-corrected chi connectivity index (χ3v) is 3.57. The molecule has 0 unspecified atom stereocenters. The lowest BCUT2D eigenvalue weighted by atomic mass is 9.96. The van der Waals surface area contributed by atoms with Gasteiger partial charge < -0.3 is 14.8 Å². The lowest BCUT2D eigenvalue weighted by molar-refractivity contribution is -0.163. The number of unbranched alkanes of at least 4 members (excludes halogenated alkanes) is 1. The van der Waals surface area contributed by atoms with Gasteiger partial charge in [0.1, 0.15) is 6.10 Å². The topological polar surface area (TPSA) is 47.6 Å². The van der Waals surface area contributed by atoms with Crippen molar-refractivity contribution < 1.29 is 14.3 Å². The molecule has 4 nitrogen and oxygen atoms in total. The largest absolute Gasteiger partial charge is 0.375 e. The van der Waals surface area contributed by atoms with Crippen molar-refractivity contribution in [3.05, 3.63) is 0 Å². The molecule has 0 aromatic heterocycles. The standard InChI is InChI=1S/C15H29NO3/c1-4-7-10-18-14-9-8-12(11-16-6-3)19-15(14)13(17)5-2/h12,14-16H,4-11H2,1-3H3/t12-,14+,15-/m1/s1. The van der Waals surface area contributed by atoms with Crippen molar-refractivity contribution in [2.45, 2.75) is 71.2 Å². The molecule has 1 aliphatic heterocycles. The summed E-state index contributed by atoms with van der Waals surface area (Å²) < 4.78 is 11.8. The van der Waals surface area contributed by atoms with Gasteiger partial charge >= 0.3 is 0 Å². The van der Waals surface area contributed by atoms with E-state index in [1.54, 1.807) is 0 Å². The Balaban J connectivity index is 2.49. The average molecular weight is 271 g/mol. The molecule has 4 heteroatoms. The van der Waals surface area contributed by atoms with Crippen molar-refractivity contribution in [3.8, 4) is 0 Å². The number of hydrogen-bond donors (Lipinski definition) is 1. The fraction of sp³-hybridized carbons (Fsp3) is 0.933. The molecule has 1 heterocycles. The lowest BCUT2D eigenvalue weighted by Crippen LogP contribution is -2.47. The Bertz CT molecular complexity index is 258. The Hall–Kier alpha value is -0.450. The van der Waals surface area contributed by atoms with E-state index in [2.05, 4.69) is 19.2 Å². The molecule has 112 valence electrons. The number of likely N-dealkylation sites (N-methyl/N-ethyl adjacent to an activating group) is 1. The normalized spacial score (nSPS) is 27.4. The second-order valence-electron chi connectivity index (χ2n) is 5.15. The zero-order chi connectivity index (χ0) is 14.1. The molecule has 0 spiro atoms. The van der Waals surface area contributed by atoms with Gasteiger partial charge in [-0.1, -0.05) is 27.2 Å². The number of carbonyl (C=O) groups is 1. The molecule has 1 fully saturated rings. The van der Waals surface area contributed by atoms with Crippen LogP contribution in [-0.4, -0.2) is 43.8 Å². The molecular formula is C15H29NO3. The highest BCUT2D eigenvalue weighted by Crippen LogP contribution is 2.23. The van der Waals surface area contributed by atoms with Crippen LogP contribution in [0.3, 0.4) is 0 Å². The van der Waals surface area contributed by atoms with Gasteiger partial charge in [-0.25, -0.2) is 0 Å². The van der Waals surface area contributed by atoms with Gasteiger partial charge in [-0.3, -0.25) is 4.79 Å². The highest BCUT2D eigenvalue weighted by molar-refractivity contribution is 5.83. The van der Waals surface area contributed by atoms with Crippen molar-refractivity contribution in [2.24, 2.45) is 0 Å². The summed E-state index contributed by atoms with van der Waals surface area (Å²) in [4.78, 5) is 12.0. The molecule has 0 amide bonds. The van der Waals surface area contributed by atoms with E-state index in [1.165, 1.54) is 0 Å². The first-order valence-corrected chi connectivity index (χ1v) is 7.73. The van der Waals surface area contributed by atoms with Crippen LogP contribution in [0.1, 0.15) is 52.9 Å². The zero-order valence-corrected chi connectivity index (χ0v) is 12.6. The van der Waals surface area contributed by atoms with Crippen LogP contribution in [-0.2, 0) is 14.3 Å². The van der Waals surface area contributed by atoms with Crippen LogP contribution >= 0.6 is 0 Å². The van der Waals surface area contributed by atoms with Crippen molar-refractivity contribution in [3.63, 3.8) is 0 Å². The first-order chi connectivity index (χ1) is 9.22. The number of ketones is 1. The third kappa shape index (κ3) is 5.59. The predicted molar refractivity (Wildman–Crippen MR) is 76.4 cm³/mol. The van der Waals surface area contributed by atoms with Crippen LogP contribution in [0.2, 0.25) is 0 Å². The maximum absolute atomic E-state index is 12.0. The van der Waals surface area contributed by atoms with Gasteiger partial charge in [-0.05, 0) is 25.8 Å². The van der Waals surface area contributed by atoms with Crippen LogP contribution in [0.5, 0.6) is 0 Å². The van der Waals surface area contributed by atoms with E-state index in [-0.39, 0.29) is 24.1 Å². The number of rotatable bonds is 9. The summed E-state index contributed by atoms with van der Waals surface area (Å²) in [5.41, 5.74) is 0. The van der Waals surface area contributed by atoms with E-state index < -0.39 is 0 Å². The zero-order valence-electron chi connectivity index (χ0n) is 12.6. The minimum absolute atomic E-state index is 0.0446. The fourth-order valence-corrected chi connectivity index (χ4v) is 2.35. The van der Waals surface area contributed by atoms with Gasteiger partial charge in [-0.2, -0.15) is 0 Å². The molecule has 0 bridgehead atoms. The molecule has 1 N–H and O–H groups in total. The molecule has 19 heavy (non-hydrogen) atoms. The SMILES string of the molecule is CCCCO[C@H]1CC[C@H](CNCC)O[C@@H]1C(=O)CC. The van der Waals surface area contributed by atoms with Crippen molar-refractivity contribution in [2.75, 3.05) is 19.7 Å². The summed E-state index contributed by atoms with van der Waals surface area (Å²) in [7, 11) is 0. The molecular weight excluding hydrogens is 242 g/mol. The summed E-state index contributed by atoms with van der Waals surface area (Å²) in [5.74, 6) is 0.169. The number of nitrogens with one attached hydrogen (secondary N) is 1. The first kappa shape index (κ1) is 16.6. The Morgan fingerprint density at radius 1 is 1.32 bits per heavy atom. The Labute approximate surface area is 117 Å². The first-order valence-electron chi connectivity index (χ1n) is 7.73. The van der Waals surface area contributed by atoms with Crippen LogP contribution in [0.4, 0.5) is 0 Å². The summed E-state index contributed by atoms with van der Waals surface area (Å²) in [6.07, 6.45) is 4.31. The van der Waals surface area contributed by atoms with E-state index >= 15 is 0 Å². The summed E-state index contributed by atoms with van der Waals surface area (Å²) >= 11 is 0. The lowest BCUT2D eigenvalue weighted by Gasteiger charge is -2.35. The molecule has 3 atom stereocenters. The second-order valence-corrected chi connectivity index (χ2v) is 5.15. The smallest absolute Gasteiger partial charge is 0.163 e. The molecule has 0 saturated carbocycles. The van der Waals surface area contributed by atoms with Crippen LogP contribution in [0, 0.1) is 0 Å². The van der Waals surface area contributed by atoms with Gasteiger partial charge in [0.25, 0.3) is 0 Å². The predicted octanol–water partition coefficient (Wildman–Crippen LogP) is 2.31. The minimum Gasteiger partial charge on any atom is -0.375 e. The quantitative estimate of drug-likeness (QED) is 0.654. The van der Waals surface area contributed by atoms with E-state index in [1.807, 2.05) is 6.92 Å². The minimum atomic E-state index is -0.362. The van der Waals surface area contributed by atoms with Gasteiger partial charge in [-0.15, -0.1) is 0 Å². The maximum atomic E-state index is 12.0. The molecule has 0 radical (unpaired) electrons. The van der Waals surface area contributed by atoms with E-state index in [0.717, 1.165) is 45.4 Å². The van der Waals surface area contributed by atoms with Crippen molar-refractivity contribution in [1.82, 2.24) is 5.32 Å². The van der Waals surface area contributed by atoms with Gasteiger partial charge in [0.2, 0.25) is 0 Å². The molecule has 1 aliphatic rings. The monoisotopic (exact) mass is 271 g/mol. The summed E-state index contributed by atoms with van der Waals surface area (Å²) in [6, 6.07) is 0. The molecule has 0 aliphatic carbocycles. The molecule has 0 aromatic carbocycles.